The van der Waals surface area contributed by atoms with Gasteiger partial charge in [0.2, 0.25) is 5.91 Å². The van der Waals surface area contributed by atoms with Crippen LogP contribution in [0.15, 0.2) is 22.7 Å². The highest BCUT2D eigenvalue weighted by atomic mass is 79.9. The van der Waals surface area contributed by atoms with E-state index in [1.807, 2.05) is 19.1 Å². The Morgan fingerprint density at radius 3 is 2.54 bits per heavy atom. The Balaban J connectivity index is 2.17. The number of ether oxygens (including phenoxy) is 1. The Kier molecular flexibility index (Phi) is 10.9. The van der Waals surface area contributed by atoms with Crippen LogP contribution < -0.4 is 20.9 Å². The molecule has 0 bridgehead atoms. The van der Waals surface area contributed by atoms with Crippen molar-refractivity contribution in [1.82, 2.24) is 16.2 Å². The molecule has 0 spiro atoms. The van der Waals surface area contributed by atoms with Crippen LogP contribution in [0, 0.1) is 6.92 Å². The van der Waals surface area contributed by atoms with Gasteiger partial charge in [-0.2, -0.15) is 0 Å². The van der Waals surface area contributed by atoms with E-state index in [1.54, 1.807) is 6.07 Å². The van der Waals surface area contributed by atoms with Gasteiger partial charge >= 0.3 is 0 Å². The normalized spacial score (nSPS) is 10.1. The van der Waals surface area contributed by atoms with E-state index in [0.717, 1.165) is 29.3 Å². The van der Waals surface area contributed by atoms with Crippen LogP contribution in [0.5, 0.6) is 5.75 Å². The molecule has 0 saturated heterocycles. The fraction of sp³-hybridized carbons (Fsp3) is 0.500. The first kappa shape index (κ1) is 22.4. The molecule has 8 heteroatoms. The minimum Gasteiger partial charge on any atom is -0.484 e. The average molecular weight is 444 g/mol. The van der Waals surface area contributed by atoms with Gasteiger partial charge < -0.3 is 10.1 Å². The largest absolute Gasteiger partial charge is 0.484 e. The van der Waals surface area contributed by atoms with Crippen LogP contribution in [0.3, 0.4) is 0 Å². The Morgan fingerprint density at radius 2 is 1.85 bits per heavy atom. The van der Waals surface area contributed by atoms with E-state index in [4.69, 9.17) is 17.0 Å². The SMILES string of the molecule is CCCCCCCC(=O)NC(=S)NNC(=O)COc1ccc(Br)c(C)c1. The summed E-state index contributed by atoms with van der Waals surface area (Å²) in [5.74, 6) is 0.0383. The molecule has 1 aromatic carbocycles. The number of carbonyl (C=O) groups excluding carboxylic acids is 2. The number of halogens is 1. The van der Waals surface area contributed by atoms with Gasteiger partial charge in [0.15, 0.2) is 11.7 Å². The van der Waals surface area contributed by atoms with Crippen LogP contribution in [0.2, 0.25) is 0 Å². The summed E-state index contributed by atoms with van der Waals surface area (Å²) < 4.78 is 6.37. The Hall–Kier alpha value is -1.67. The quantitative estimate of drug-likeness (QED) is 0.309. The van der Waals surface area contributed by atoms with Gasteiger partial charge in [-0.15, -0.1) is 0 Å². The highest BCUT2D eigenvalue weighted by Crippen LogP contribution is 2.21. The van der Waals surface area contributed by atoms with E-state index < -0.39 is 5.91 Å². The predicted molar refractivity (Wildman–Crippen MR) is 110 cm³/mol. The molecular weight excluding hydrogens is 418 g/mol. The maximum atomic E-state index is 11.8. The summed E-state index contributed by atoms with van der Waals surface area (Å²) in [6.45, 7) is 3.92. The predicted octanol–water partition coefficient (Wildman–Crippen LogP) is 3.52. The monoisotopic (exact) mass is 443 g/mol. The van der Waals surface area contributed by atoms with E-state index >= 15 is 0 Å². The number of carbonyl (C=O) groups is 2. The van der Waals surface area contributed by atoms with Crippen molar-refractivity contribution in [1.29, 1.82) is 0 Å². The molecule has 0 aliphatic carbocycles. The summed E-state index contributed by atoms with van der Waals surface area (Å²) in [4.78, 5) is 23.5. The van der Waals surface area contributed by atoms with Crippen LogP contribution >= 0.6 is 28.1 Å². The highest BCUT2D eigenvalue weighted by molar-refractivity contribution is 9.10. The number of amides is 2. The number of hydrazine groups is 1. The first-order chi connectivity index (χ1) is 12.4. The smallest absolute Gasteiger partial charge is 0.276 e. The molecule has 0 heterocycles. The summed E-state index contributed by atoms with van der Waals surface area (Å²) in [6.07, 6.45) is 5.79. The summed E-state index contributed by atoms with van der Waals surface area (Å²) in [6, 6.07) is 5.45. The topological polar surface area (TPSA) is 79.5 Å². The molecular formula is C18H26BrN3O3S. The zero-order valence-electron chi connectivity index (χ0n) is 15.2. The number of hydrogen-bond donors (Lipinski definition) is 3. The van der Waals surface area contributed by atoms with Crippen molar-refractivity contribution in [3.05, 3.63) is 28.2 Å². The highest BCUT2D eigenvalue weighted by Gasteiger charge is 2.07. The molecule has 1 aromatic rings. The van der Waals surface area contributed by atoms with Gasteiger partial charge in [0.1, 0.15) is 5.75 Å². The molecule has 0 unspecified atom stereocenters. The molecule has 6 nitrogen and oxygen atoms in total. The first-order valence-electron chi connectivity index (χ1n) is 8.70. The van der Waals surface area contributed by atoms with Crippen LogP contribution in [0.25, 0.3) is 0 Å². The fourth-order valence-electron chi connectivity index (χ4n) is 2.13. The number of unbranched alkanes of at least 4 members (excludes halogenated alkanes) is 4. The molecule has 0 fully saturated rings. The zero-order chi connectivity index (χ0) is 19.4. The minimum absolute atomic E-state index is 0.0661. The van der Waals surface area contributed by atoms with E-state index in [9.17, 15) is 9.59 Å². The molecule has 0 radical (unpaired) electrons. The molecule has 144 valence electrons. The van der Waals surface area contributed by atoms with Crippen molar-refractivity contribution in [3.8, 4) is 5.75 Å². The first-order valence-corrected chi connectivity index (χ1v) is 9.90. The second-order valence-electron chi connectivity index (χ2n) is 5.91. The average Bonchev–Trinajstić information content (AvgIpc) is 2.60. The number of aryl methyl sites for hydroxylation is 1. The molecule has 0 aliphatic rings. The van der Waals surface area contributed by atoms with Crippen molar-refractivity contribution in [3.63, 3.8) is 0 Å². The van der Waals surface area contributed by atoms with Gasteiger partial charge in [-0.3, -0.25) is 20.4 Å². The van der Waals surface area contributed by atoms with Gasteiger partial charge in [-0.25, -0.2) is 0 Å². The Labute approximate surface area is 168 Å². The van der Waals surface area contributed by atoms with Gasteiger partial charge in [0, 0.05) is 10.9 Å². The summed E-state index contributed by atoms with van der Waals surface area (Å²) in [5, 5.41) is 2.60. The molecule has 1 rings (SSSR count). The van der Waals surface area contributed by atoms with Crippen molar-refractivity contribution >= 4 is 45.1 Å². The van der Waals surface area contributed by atoms with E-state index in [0.29, 0.717) is 12.2 Å². The third kappa shape index (κ3) is 9.72. The van der Waals surface area contributed by atoms with Crippen LogP contribution in [0.4, 0.5) is 0 Å². The molecule has 0 aliphatic heterocycles. The third-order valence-corrected chi connectivity index (χ3v) is 4.67. The molecule has 0 saturated carbocycles. The lowest BCUT2D eigenvalue weighted by Gasteiger charge is -2.11. The number of rotatable bonds is 9. The molecule has 0 atom stereocenters. The maximum Gasteiger partial charge on any atom is 0.276 e. The Morgan fingerprint density at radius 1 is 1.12 bits per heavy atom. The van der Waals surface area contributed by atoms with E-state index in [2.05, 4.69) is 39.0 Å². The third-order valence-electron chi connectivity index (χ3n) is 3.58. The van der Waals surface area contributed by atoms with E-state index in [1.165, 1.54) is 12.8 Å². The zero-order valence-corrected chi connectivity index (χ0v) is 17.6. The van der Waals surface area contributed by atoms with Gasteiger partial charge in [0.05, 0.1) is 0 Å². The molecule has 26 heavy (non-hydrogen) atoms. The second kappa shape index (κ2) is 12.6. The fourth-order valence-corrected chi connectivity index (χ4v) is 2.54. The minimum atomic E-state index is -0.401. The van der Waals surface area contributed by atoms with Crippen molar-refractivity contribution in [2.75, 3.05) is 6.61 Å². The lowest BCUT2D eigenvalue weighted by Crippen LogP contribution is -2.49. The molecule has 3 N–H and O–H groups in total. The lowest BCUT2D eigenvalue weighted by atomic mass is 10.1. The van der Waals surface area contributed by atoms with Crippen molar-refractivity contribution < 1.29 is 14.3 Å². The maximum absolute atomic E-state index is 11.8. The lowest BCUT2D eigenvalue weighted by molar-refractivity contribution is -0.124. The van der Waals surface area contributed by atoms with Crippen molar-refractivity contribution in [2.24, 2.45) is 0 Å². The summed E-state index contributed by atoms with van der Waals surface area (Å²) in [7, 11) is 0. The van der Waals surface area contributed by atoms with Crippen LogP contribution in [0.1, 0.15) is 51.0 Å². The molecule has 2 amide bonds. The van der Waals surface area contributed by atoms with Gasteiger partial charge in [0.25, 0.3) is 5.91 Å². The standard InChI is InChI=1S/C18H26BrN3O3S/c1-3-4-5-6-7-8-16(23)20-18(26)22-21-17(24)12-25-14-9-10-15(19)13(2)11-14/h9-11H,3-8,12H2,1-2H3,(H,21,24)(H2,20,22,23,26). The number of benzene rings is 1. The number of thiocarbonyl (C=S) groups is 1. The van der Waals surface area contributed by atoms with E-state index in [-0.39, 0.29) is 17.6 Å². The number of hydrogen-bond acceptors (Lipinski definition) is 4. The van der Waals surface area contributed by atoms with Gasteiger partial charge in [-0.05, 0) is 49.3 Å². The van der Waals surface area contributed by atoms with Crippen molar-refractivity contribution in [2.45, 2.75) is 52.4 Å². The summed E-state index contributed by atoms with van der Waals surface area (Å²) in [5.41, 5.74) is 5.90. The number of nitrogens with one attached hydrogen (secondary N) is 3. The second-order valence-corrected chi connectivity index (χ2v) is 7.18. The van der Waals surface area contributed by atoms with Crippen LogP contribution in [-0.2, 0) is 9.59 Å². The summed E-state index contributed by atoms with van der Waals surface area (Å²) >= 11 is 8.38. The van der Waals surface area contributed by atoms with Gasteiger partial charge in [-0.1, -0.05) is 48.5 Å². The Bertz CT molecular complexity index is 626. The van der Waals surface area contributed by atoms with Crippen LogP contribution in [-0.4, -0.2) is 23.5 Å². The molecule has 0 aromatic heterocycles.